The summed E-state index contributed by atoms with van der Waals surface area (Å²) in [7, 11) is 0. The average molecular weight is 345 g/mol. The fraction of sp³-hybridized carbons (Fsp3) is 0.125. The van der Waals surface area contributed by atoms with Crippen LogP contribution in [0.3, 0.4) is 0 Å². The highest BCUT2D eigenvalue weighted by atomic mass is 35.5. The Labute approximate surface area is 142 Å². The van der Waals surface area contributed by atoms with Gasteiger partial charge in [-0.1, -0.05) is 17.7 Å². The zero-order valence-electron chi connectivity index (χ0n) is 12.7. The molecular weight excluding hydrogens is 332 g/mol. The van der Waals surface area contributed by atoms with Gasteiger partial charge in [-0.3, -0.25) is 4.40 Å². The molecule has 0 atom stereocenters. The quantitative estimate of drug-likeness (QED) is 0.565. The molecule has 24 heavy (non-hydrogen) atoms. The van der Waals surface area contributed by atoms with Crippen molar-refractivity contribution in [1.29, 1.82) is 0 Å². The van der Waals surface area contributed by atoms with Crippen molar-refractivity contribution in [2.24, 2.45) is 10.2 Å². The summed E-state index contributed by atoms with van der Waals surface area (Å²) in [6, 6.07) is 9.89. The first-order chi connectivity index (χ1) is 11.6. The highest BCUT2D eigenvalue weighted by Crippen LogP contribution is 2.29. The minimum absolute atomic E-state index is 0.0240. The van der Waals surface area contributed by atoms with Gasteiger partial charge >= 0.3 is 5.97 Å². The summed E-state index contributed by atoms with van der Waals surface area (Å²) in [4.78, 5) is 16.2. The van der Waals surface area contributed by atoms with E-state index in [-0.39, 0.29) is 29.5 Å². The third-order valence-electron chi connectivity index (χ3n) is 3.14. The van der Waals surface area contributed by atoms with Gasteiger partial charge in [-0.15, -0.1) is 10.2 Å². The fourth-order valence-electron chi connectivity index (χ4n) is 2.12. The summed E-state index contributed by atoms with van der Waals surface area (Å²) in [5.41, 5.74) is 0.692. The predicted molar refractivity (Wildman–Crippen MR) is 88.4 cm³/mol. The summed E-state index contributed by atoms with van der Waals surface area (Å²) in [5.74, 6) is -0.549. The van der Waals surface area contributed by atoms with E-state index < -0.39 is 5.97 Å². The maximum Gasteiger partial charge on any atom is 0.360 e. The number of hydrogen-bond acceptors (Lipinski definition) is 6. The summed E-state index contributed by atoms with van der Waals surface area (Å²) >= 11 is 5.92. The lowest BCUT2D eigenvalue weighted by molar-refractivity contribution is 0.0521. The predicted octanol–water partition coefficient (Wildman–Crippen LogP) is 4.29. The van der Waals surface area contributed by atoms with Gasteiger partial charge in [0.1, 0.15) is 0 Å². The normalized spacial score (nSPS) is 11.2. The van der Waals surface area contributed by atoms with Gasteiger partial charge < -0.3 is 9.84 Å². The number of fused-ring (bicyclic) bond motifs is 1. The van der Waals surface area contributed by atoms with E-state index in [1.165, 1.54) is 10.5 Å². The van der Waals surface area contributed by atoms with E-state index in [0.29, 0.717) is 10.7 Å². The number of pyridine rings is 1. The first-order valence-corrected chi connectivity index (χ1v) is 7.52. The van der Waals surface area contributed by atoms with E-state index in [1.807, 2.05) is 0 Å². The Morgan fingerprint density at radius 3 is 2.92 bits per heavy atom. The summed E-state index contributed by atoms with van der Waals surface area (Å²) in [6.07, 6.45) is 1.62. The number of ether oxygens (including phenoxy) is 1. The number of rotatable bonds is 4. The zero-order valence-corrected chi connectivity index (χ0v) is 13.4. The molecule has 0 spiro atoms. The van der Waals surface area contributed by atoms with Crippen LogP contribution in [0.15, 0.2) is 52.8 Å². The van der Waals surface area contributed by atoms with Crippen molar-refractivity contribution in [3.8, 4) is 5.75 Å². The number of nitrogens with zero attached hydrogens (tertiary/aromatic N) is 4. The molecule has 3 aromatic rings. The van der Waals surface area contributed by atoms with Crippen LogP contribution >= 0.6 is 11.6 Å². The Bertz CT molecular complexity index is 936. The second-order valence-corrected chi connectivity index (χ2v) is 5.21. The molecule has 0 saturated heterocycles. The Morgan fingerprint density at radius 1 is 1.33 bits per heavy atom. The molecule has 0 fully saturated rings. The number of aromatic hydroxyl groups is 1. The molecule has 7 nitrogen and oxygen atoms in total. The molecule has 8 heteroatoms. The monoisotopic (exact) mass is 344 g/mol. The molecule has 0 amide bonds. The number of aromatic nitrogens is 2. The van der Waals surface area contributed by atoms with Gasteiger partial charge in [-0.2, -0.15) is 0 Å². The molecule has 0 radical (unpaired) electrons. The molecule has 3 rings (SSSR count). The molecule has 0 saturated carbocycles. The highest BCUT2D eigenvalue weighted by Gasteiger charge is 2.21. The minimum Gasteiger partial charge on any atom is -0.504 e. The molecule has 122 valence electrons. The van der Waals surface area contributed by atoms with Gasteiger partial charge in [-0.25, -0.2) is 9.78 Å². The van der Waals surface area contributed by atoms with E-state index in [0.717, 1.165) is 0 Å². The molecule has 0 bridgehead atoms. The van der Waals surface area contributed by atoms with Crippen LogP contribution in [0.5, 0.6) is 5.75 Å². The van der Waals surface area contributed by atoms with Crippen LogP contribution in [-0.2, 0) is 4.74 Å². The number of imidazole rings is 1. The molecule has 0 aliphatic heterocycles. The van der Waals surface area contributed by atoms with Crippen molar-refractivity contribution in [2.75, 3.05) is 6.61 Å². The van der Waals surface area contributed by atoms with Crippen molar-refractivity contribution in [3.63, 3.8) is 0 Å². The van der Waals surface area contributed by atoms with Crippen LogP contribution in [0.25, 0.3) is 5.65 Å². The van der Waals surface area contributed by atoms with Gasteiger partial charge in [0.2, 0.25) is 0 Å². The molecule has 2 aromatic heterocycles. The average Bonchev–Trinajstić information content (AvgIpc) is 2.93. The van der Waals surface area contributed by atoms with Crippen LogP contribution < -0.4 is 0 Å². The number of hydrogen-bond donors (Lipinski definition) is 1. The van der Waals surface area contributed by atoms with E-state index in [9.17, 15) is 9.90 Å². The Balaban J connectivity index is 2.12. The van der Waals surface area contributed by atoms with Crippen LogP contribution in [0.2, 0.25) is 5.02 Å². The van der Waals surface area contributed by atoms with E-state index in [4.69, 9.17) is 16.3 Å². The molecule has 0 aliphatic rings. The Hall–Kier alpha value is -2.93. The first kappa shape index (κ1) is 15.9. The number of carbonyl (C=O) groups excluding carboxylic acids is 1. The molecule has 2 heterocycles. The summed E-state index contributed by atoms with van der Waals surface area (Å²) < 4.78 is 6.46. The molecular formula is C16H13ClN4O3. The standard InChI is InChI=1S/C16H13ClN4O3/c1-2-24-16(23)13-15(20-19-11-6-3-5-10(17)9-11)21-8-4-7-12(22)14(21)18-13/h3-9,22H,2H2,1H3. The summed E-state index contributed by atoms with van der Waals surface area (Å²) in [5, 5.41) is 18.6. The fourth-order valence-corrected chi connectivity index (χ4v) is 2.30. The van der Waals surface area contributed by atoms with Gasteiger partial charge in [-0.05, 0) is 37.3 Å². The van der Waals surface area contributed by atoms with Gasteiger partial charge in [0.05, 0.1) is 12.3 Å². The van der Waals surface area contributed by atoms with Crippen molar-refractivity contribution >= 4 is 34.7 Å². The Morgan fingerprint density at radius 2 is 2.17 bits per heavy atom. The lowest BCUT2D eigenvalue weighted by Crippen LogP contribution is -2.05. The van der Waals surface area contributed by atoms with Gasteiger partial charge in [0, 0.05) is 11.2 Å². The largest absolute Gasteiger partial charge is 0.504 e. The number of benzene rings is 1. The summed E-state index contributed by atoms with van der Waals surface area (Å²) in [6.45, 7) is 1.89. The topological polar surface area (TPSA) is 88.5 Å². The SMILES string of the molecule is CCOC(=O)c1nc2c(O)cccn2c1N=Nc1cccc(Cl)c1. The van der Waals surface area contributed by atoms with E-state index in [1.54, 1.807) is 43.5 Å². The molecule has 0 unspecified atom stereocenters. The lowest BCUT2D eigenvalue weighted by atomic mass is 10.3. The molecule has 1 aromatic carbocycles. The van der Waals surface area contributed by atoms with Crippen molar-refractivity contribution in [1.82, 2.24) is 9.38 Å². The number of carbonyl (C=O) groups is 1. The smallest absolute Gasteiger partial charge is 0.360 e. The maximum atomic E-state index is 12.1. The minimum atomic E-state index is -0.638. The van der Waals surface area contributed by atoms with E-state index in [2.05, 4.69) is 15.2 Å². The lowest BCUT2D eigenvalue weighted by Gasteiger charge is -2.00. The second kappa shape index (κ2) is 6.67. The van der Waals surface area contributed by atoms with Crippen molar-refractivity contribution in [3.05, 3.63) is 53.3 Å². The first-order valence-electron chi connectivity index (χ1n) is 7.14. The van der Waals surface area contributed by atoms with Crippen LogP contribution in [-0.4, -0.2) is 27.1 Å². The third-order valence-corrected chi connectivity index (χ3v) is 3.38. The third kappa shape index (κ3) is 3.07. The highest BCUT2D eigenvalue weighted by molar-refractivity contribution is 6.30. The van der Waals surface area contributed by atoms with Crippen molar-refractivity contribution in [2.45, 2.75) is 6.92 Å². The number of halogens is 1. The maximum absolute atomic E-state index is 12.1. The van der Waals surface area contributed by atoms with Crippen LogP contribution in [0.1, 0.15) is 17.4 Å². The van der Waals surface area contributed by atoms with Crippen molar-refractivity contribution < 1.29 is 14.6 Å². The van der Waals surface area contributed by atoms with E-state index >= 15 is 0 Å². The van der Waals surface area contributed by atoms with Gasteiger partial charge in [0.15, 0.2) is 22.9 Å². The Kier molecular flexibility index (Phi) is 4.43. The molecule has 0 aliphatic carbocycles. The zero-order chi connectivity index (χ0) is 17.1. The van der Waals surface area contributed by atoms with Gasteiger partial charge in [0.25, 0.3) is 0 Å². The number of esters is 1. The number of azo groups is 1. The molecule has 1 N–H and O–H groups in total. The second-order valence-electron chi connectivity index (χ2n) is 4.77. The van der Waals surface area contributed by atoms with Crippen LogP contribution in [0.4, 0.5) is 11.5 Å². The van der Waals surface area contributed by atoms with Crippen LogP contribution in [0, 0.1) is 0 Å².